The fraction of sp³-hybridized carbons (Fsp3) is 0.267. The topological polar surface area (TPSA) is 57.0 Å². The van der Waals surface area contributed by atoms with Crippen molar-refractivity contribution < 1.29 is 9.53 Å². The van der Waals surface area contributed by atoms with Crippen molar-refractivity contribution in [1.82, 2.24) is 14.8 Å². The van der Waals surface area contributed by atoms with Gasteiger partial charge in [0.05, 0.1) is 0 Å². The lowest BCUT2D eigenvalue weighted by Crippen LogP contribution is -2.35. The van der Waals surface area contributed by atoms with Crippen molar-refractivity contribution >= 4 is 33.5 Å². The number of carbonyl (C=O) groups is 1. The Morgan fingerprint density at radius 1 is 1.33 bits per heavy atom. The van der Waals surface area contributed by atoms with Crippen LogP contribution in [0.15, 0.2) is 41.4 Å². The number of halogens is 1. The monoisotopic (exact) mass is 349 g/mol. The molecule has 0 aliphatic rings. The highest BCUT2D eigenvalue weighted by molar-refractivity contribution is 9.10. The predicted octanol–water partition coefficient (Wildman–Crippen LogP) is 3.03. The summed E-state index contributed by atoms with van der Waals surface area (Å²) in [6, 6.07) is 7.65. The van der Waals surface area contributed by atoms with Crippen molar-refractivity contribution in [2.75, 3.05) is 7.11 Å². The zero-order valence-corrected chi connectivity index (χ0v) is 13.7. The fourth-order valence-corrected chi connectivity index (χ4v) is 1.95. The Bertz CT molecular complexity index is 646. The van der Waals surface area contributed by atoms with Gasteiger partial charge in [0.15, 0.2) is 0 Å². The first kappa shape index (κ1) is 15.6. The van der Waals surface area contributed by atoms with Crippen LogP contribution in [0, 0.1) is 0 Å². The molecule has 0 fully saturated rings. The molecule has 0 atom stereocenters. The Labute approximate surface area is 131 Å². The van der Waals surface area contributed by atoms with Crippen LogP contribution >= 0.6 is 15.9 Å². The second-order valence-corrected chi connectivity index (χ2v) is 5.88. The molecule has 1 aromatic carbocycles. The van der Waals surface area contributed by atoms with Crippen LogP contribution in [0.4, 0.5) is 0 Å². The summed E-state index contributed by atoms with van der Waals surface area (Å²) >= 11 is 3.39. The zero-order valence-electron chi connectivity index (χ0n) is 12.1. The van der Waals surface area contributed by atoms with E-state index >= 15 is 0 Å². The van der Waals surface area contributed by atoms with Gasteiger partial charge in [-0.3, -0.25) is 4.79 Å². The number of hydrogen-bond donors (Lipinski definition) is 0. The molecule has 0 radical (unpaired) electrons. The molecular weight excluding hydrogens is 334 g/mol. The van der Waals surface area contributed by atoms with Crippen LogP contribution in [0.25, 0.3) is 11.8 Å². The van der Waals surface area contributed by atoms with E-state index in [1.165, 1.54) is 24.4 Å². The molecule has 0 bridgehead atoms. The molecule has 21 heavy (non-hydrogen) atoms. The summed E-state index contributed by atoms with van der Waals surface area (Å²) in [5.74, 6) is -0.168. The molecule has 2 rings (SSSR count). The number of carbonyl (C=O) groups excluding carboxylic acids is 1. The first-order valence-corrected chi connectivity index (χ1v) is 7.15. The van der Waals surface area contributed by atoms with Gasteiger partial charge in [-0.25, -0.2) is 9.67 Å². The molecule has 0 aliphatic carbocycles. The lowest BCUT2D eigenvalue weighted by Gasteiger charge is -2.22. The molecule has 0 N–H and O–H groups in total. The third kappa shape index (κ3) is 3.65. The van der Waals surface area contributed by atoms with Gasteiger partial charge in [-0.15, -0.1) is 0 Å². The van der Waals surface area contributed by atoms with Crippen molar-refractivity contribution in [3.05, 3.63) is 47.0 Å². The van der Waals surface area contributed by atoms with Gasteiger partial charge in [-0.2, -0.15) is 5.10 Å². The summed E-state index contributed by atoms with van der Waals surface area (Å²) in [7, 11) is 1.51. The smallest absolute Gasteiger partial charge is 0.212 e. The number of hydrogen-bond acceptors (Lipinski definition) is 4. The fourth-order valence-electron chi connectivity index (χ4n) is 1.69. The number of ketones is 1. The highest BCUT2D eigenvalue weighted by Crippen LogP contribution is 2.21. The number of nitrogens with zero attached hydrogens (tertiary/aromatic N) is 3. The summed E-state index contributed by atoms with van der Waals surface area (Å²) in [4.78, 5) is 16.6. The van der Waals surface area contributed by atoms with E-state index in [4.69, 9.17) is 4.74 Å². The van der Waals surface area contributed by atoms with Crippen LogP contribution < -0.4 is 0 Å². The molecule has 0 saturated carbocycles. The van der Waals surface area contributed by atoms with Crippen molar-refractivity contribution in [3.8, 4) is 0 Å². The second kappa shape index (κ2) is 6.32. The number of methoxy groups -OCH3 is 1. The quantitative estimate of drug-likeness (QED) is 0.778. The summed E-state index contributed by atoms with van der Waals surface area (Å²) in [5, 5.41) is 4.05. The zero-order chi connectivity index (χ0) is 15.5. The second-order valence-electron chi connectivity index (χ2n) is 4.96. The van der Waals surface area contributed by atoms with Crippen LogP contribution in [-0.4, -0.2) is 33.3 Å². The van der Waals surface area contributed by atoms with Crippen LogP contribution in [0.2, 0.25) is 0 Å². The summed E-state index contributed by atoms with van der Waals surface area (Å²) in [5.41, 5.74) is 0.360. The molecule has 6 heteroatoms. The number of Topliss-reactive ketones (excluding diaryl/α,β-unsaturated/α-hetero) is 1. The van der Waals surface area contributed by atoms with E-state index < -0.39 is 5.60 Å². The lowest BCUT2D eigenvalue weighted by atomic mass is 9.99. The molecule has 0 aliphatic heterocycles. The number of ether oxygens (including phenoxy) is 1. The van der Waals surface area contributed by atoms with Gasteiger partial charge in [0.25, 0.3) is 0 Å². The summed E-state index contributed by atoms with van der Waals surface area (Å²) in [6.07, 6.45) is 4.65. The van der Waals surface area contributed by atoms with E-state index in [0.717, 1.165) is 10.0 Å². The number of aromatic nitrogens is 3. The normalized spacial score (nSPS) is 12.5. The highest BCUT2D eigenvalue weighted by atomic mass is 79.9. The predicted molar refractivity (Wildman–Crippen MR) is 84.4 cm³/mol. The molecule has 1 heterocycles. The van der Waals surface area contributed by atoms with Crippen molar-refractivity contribution in [2.45, 2.75) is 19.4 Å². The molecule has 2 aromatic rings. The van der Waals surface area contributed by atoms with E-state index in [1.54, 1.807) is 19.9 Å². The van der Waals surface area contributed by atoms with Gasteiger partial charge in [-0.1, -0.05) is 28.1 Å². The van der Waals surface area contributed by atoms with Gasteiger partial charge in [-0.05, 0) is 37.6 Å². The van der Waals surface area contributed by atoms with Crippen molar-refractivity contribution in [1.29, 1.82) is 0 Å². The largest absolute Gasteiger partial charge is 0.371 e. The Hall–Kier alpha value is -1.79. The van der Waals surface area contributed by atoms with E-state index in [9.17, 15) is 4.79 Å². The Morgan fingerprint density at radius 3 is 2.52 bits per heavy atom. The Morgan fingerprint density at radius 2 is 2.00 bits per heavy atom. The number of rotatable bonds is 5. The average Bonchev–Trinajstić information content (AvgIpc) is 3.00. The van der Waals surface area contributed by atoms with E-state index in [2.05, 4.69) is 26.0 Å². The molecule has 0 spiro atoms. The maximum atomic E-state index is 12.7. The van der Waals surface area contributed by atoms with Crippen LogP contribution in [0.1, 0.15) is 19.4 Å². The summed E-state index contributed by atoms with van der Waals surface area (Å²) < 4.78 is 7.70. The molecule has 1 aromatic heterocycles. The lowest BCUT2D eigenvalue weighted by molar-refractivity contribution is -0.131. The van der Waals surface area contributed by atoms with Gasteiger partial charge < -0.3 is 4.74 Å². The Kier molecular flexibility index (Phi) is 4.69. The van der Waals surface area contributed by atoms with Gasteiger partial charge in [0.1, 0.15) is 24.0 Å². The molecule has 0 saturated heterocycles. The molecule has 5 nitrogen and oxygen atoms in total. The summed E-state index contributed by atoms with van der Waals surface area (Å²) in [6.45, 7) is 3.45. The minimum atomic E-state index is -0.937. The molecule has 0 unspecified atom stereocenters. The van der Waals surface area contributed by atoms with E-state index in [-0.39, 0.29) is 5.78 Å². The number of benzene rings is 1. The van der Waals surface area contributed by atoms with E-state index in [0.29, 0.717) is 5.70 Å². The van der Waals surface area contributed by atoms with Gasteiger partial charge >= 0.3 is 0 Å². The first-order chi connectivity index (χ1) is 9.94. The highest BCUT2D eigenvalue weighted by Gasteiger charge is 2.31. The van der Waals surface area contributed by atoms with Crippen LogP contribution in [-0.2, 0) is 9.53 Å². The third-order valence-electron chi connectivity index (χ3n) is 3.13. The molecular formula is C15H16BrN3O2. The Balaban J connectivity index is 2.47. The van der Waals surface area contributed by atoms with Gasteiger partial charge in [0.2, 0.25) is 5.78 Å². The standard InChI is InChI=1S/C15H16BrN3O2/c1-15(2,21-3)14(20)13(19-10-17-9-18-19)8-11-4-6-12(16)7-5-11/h4-10H,1-3H3/b13-8-. The molecule has 110 valence electrons. The minimum absolute atomic E-state index is 0.168. The maximum Gasteiger partial charge on any atom is 0.212 e. The van der Waals surface area contributed by atoms with Crippen LogP contribution in [0.5, 0.6) is 0 Å². The first-order valence-electron chi connectivity index (χ1n) is 6.36. The molecule has 0 amide bonds. The maximum absolute atomic E-state index is 12.7. The van der Waals surface area contributed by atoms with Gasteiger partial charge in [0, 0.05) is 11.6 Å². The third-order valence-corrected chi connectivity index (χ3v) is 3.66. The minimum Gasteiger partial charge on any atom is -0.371 e. The van der Waals surface area contributed by atoms with E-state index in [1.807, 2.05) is 24.3 Å². The van der Waals surface area contributed by atoms with Crippen LogP contribution in [0.3, 0.4) is 0 Å². The average molecular weight is 350 g/mol. The SMILES string of the molecule is COC(C)(C)C(=O)/C(=C/c1ccc(Br)cc1)n1cncn1. The van der Waals surface area contributed by atoms with Crippen molar-refractivity contribution in [2.24, 2.45) is 0 Å². The van der Waals surface area contributed by atoms with Crippen molar-refractivity contribution in [3.63, 3.8) is 0 Å².